The normalized spacial score (nSPS) is 17.9. The van der Waals surface area contributed by atoms with Crippen LogP contribution in [0.5, 0.6) is 0 Å². The Morgan fingerprint density at radius 2 is 2.17 bits per heavy atom. The summed E-state index contributed by atoms with van der Waals surface area (Å²) in [4.78, 5) is 18.7. The Bertz CT molecular complexity index is 446. The van der Waals surface area contributed by atoms with Gasteiger partial charge in [-0.3, -0.25) is 0 Å². The lowest BCUT2D eigenvalue weighted by molar-refractivity contribution is -0.155. The van der Waals surface area contributed by atoms with Crippen LogP contribution in [-0.4, -0.2) is 44.3 Å². The summed E-state index contributed by atoms with van der Waals surface area (Å²) < 4.78 is 0. The van der Waals surface area contributed by atoms with Crippen LogP contribution in [0.25, 0.3) is 0 Å². The number of rotatable bonds is 6. The van der Waals surface area contributed by atoms with Gasteiger partial charge < -0.3 is 20.8 Å². The van der Waals surface area contributed by atoms with E-state index in [1.807, 2.05) is 0 Å². The van der Waals surface area contributed by atoms with E-state index in [-0.39, 0.29) is 6.54 Å². The van der Waals surface area contributed by atoms with Gasteiger partial charge in [-0.1, -0.05) is 0 Å². The minimum absolute atomic E-state index is 0.123. The molecule has 1 aromatic heterocycles. The zero-order valence-electron chi connectivity index (χ0n) is 10.1. The number of nitrogens with one attached hydrogen (secondary N) is 2. The van der Waals surface area contributed by atoms with Crippen molar-refractivity contribution in [3.8, 4) is 0 Å². The molecule has 98 valence electrons. The van der Waals surface area contributed by atoms with Crippen LogP contribution in [0.3, 0.4) is 0 Å². The van der Waals surface area contributed by atoms with E-state index in [4.69, 9.17) is 5.11 Å². The van der Waals surface area contributed by atoms with Gasteiger partial charge in [0.2, 0.25) is 0 Å². The molecule has 7 heteroatoms. The molecule has 0 saturated heterocycles. The van der Waals surface area contributed by atoms with Gasteiger partial charge in [0.05, 0.1) is 6.54 Å². The number of carbonyl (C=O) groups is 1. The number of carboxylic acid groups (broad SMARTS) is 1. The van der Waals surface area contributed by atoms with Crippen molar-refractivity contribution in [1.29, 1.82) is 0 Å². The zero-order valence-corrected chi connectivity index (χ0v) is 10.1. The third-order valence-electron chi connectivity index (χ3n) is 2.67. The largest absolute Gasteiger partial charge is 0.479 e. The molecule has 0 aromatic carbocycles. The molecule has 1 fully saturated rings. The Balaban J connectivity index is 1.94. The number of carboxylic acids is 1. The Morgan fingerprint density at radius 3 is 2.78 bits per heavy atom. The van der Waals surface area contributed by atoms with Gasteiger partial charge >= 0.3 is 5.97 Å². The molecule has 0 spiro atoms. The van der Waals surface area contributed by atoms with Crippen LogP contribution in [-0.2, 0) is 4.79 Å². The molecule has 0 bridgehead atoms. The van der Waals surface area contributed by atoms with Crippen LogP contribution < -0.4 is 10.6 Å². The fraction of sp³-hybridized carbons (Fsp3) is 0.545. The highest BCUT2D eigenvalue weighted by molar-refractivity contribution is 5.77. The minimum Gasteiger partial charge on any atom is -0.479 e. The van der Waals surface area contributed by atoms with Crippen LogP contribution in [0.2, 0.25) is 0 Å². The number of aliphatic carboxylic acids is 1. The second-order valence-electron chi connectivity index (χ2n) is 4.64. The van der Waals surface area contributed by atoms with Gasteiger partial charge in [-0.15, -0.1) is 0 Å². The smallest absolute Gasteiger partial charge is 0.337 e. The average molecular weight is 252 g/mol. The first-order valence-electron chi connectivity index (χ1n) is 5.75. The first kappa shape index (κ1) is 12.6. The van der Waals surface area contributed by atoms with Gasteiger partial charge in [-0.25, -0.2) is 14.8 Å². The summed E-state index contributed by atoms with van der Waals surface area (Å²) in [6.07, 6.45) is 3.67. The van der Waals surface area contributed by atoms with E-state index in [0.29, 0.717) is 17.7 Å². The van der Waals surface area contributed by atoms with E-state index >= 15 is 0 Å². The molecule has 1 unspecified atom stereocenters. The molecular weight excluding hydrogens is 236 g/mol. The van der Waals surface area contributed by atoms with Gasteiger partial charge in [0.1, 0.15) is 18.0 Å². The summed E-state index contributed by atoms with van der Waals surface area (Å²) in [6, 6.07) is 2.17. The molecule has 1 saturated carbocycles. The van der Waals surface area contributed by atoms with Gasteiger partial charge in [0.25, 0.3) is 0 Å². The zero-order chi connectivity index (χ0) is 13.2. The Kier molecular flexibility index (Phi) is 3.33. The van der Waals surface area contributed by atoms with Gasteiger partial charge in [-0.05, 0) is 19.8 Å². The maximum atomic E-state index is 10.7. The second-order valence-corrected chi connectivity index (χ2v) is 4.64. The molecule has 0 radical (unpaired) electrons. The molecule has 2 rings (SSSR count). The lowest BCUT2D eigenvalue weighted by Crippen LogP contribution is -2.41. The van der Waals surface area contributed by atoms with E-state index in [1.165, 1.54) is 13.3 Å². The van der Waals surface area contributed by atoms with Crippen molar-refractivity contribution in [1.82, 2.24) is 9.97 Å². The highest BCUT2D eigenvalue weighted by atomic mass is 16.4. The third kappa shape index (κ3) is 3.30. The third-order valence-corrected chi connectivity index (χ3v) is 2.67. The van der Waals surface area contributed by atoms with E-state index in [9.17, 15) is 9.90 Å². The molecule has 1 aliphatic rings. The Hall–Kier alpha value is -1.89. The number of hydrogen-bond acceptors (Lipinski definition) is 6. The van der Waals surface area contributed by atoms with E-state index in [2.05, 4.69) is 20.6 Å². The van der Waals surface area contributed by atoms with Crippen molar-refractivity contribution in [3.63, 3.8) is 0 Å². The fourth-order valence-corrected chi connectivity index (χ4v) is 1.31. The lowest BCUT2D eigenvalue weighted by atomic mass is 10.1. The monoisotopic (exact) mass is 252 g/mol. The van der Waals surface area contributed by atoms with Crippen molar-refractivity contribution in [3.05, 3.63) is 12.4 Å². The number of aromatic nitrogens is 2. The SMILES string of the molecule is CC(O)(CNc1cc(NC2CC2)ncn1)C(=O)O. The van der Waals surface area contributed by atoms with E-state index in [1.54, 1.807) is 6.07 Å². The predicted molar refractivity (Wildman–Crippen MR) is 65.4 cm³/mol. The maximum Gasteiger partial charge on any atom is 0.337 e. The summed E-state index contributed by atoms with van der Waals surface area (Å²) in [6.45, 7) is 1.11. The number of anilines is 2. The summed E-state index contributed by atoms with van der Waals surface area (Å²) in [5.74, 6) is -0.0972. The first-order chi connectivity index (χ1) is 8.47. The summed E-state index contributed by atoms with van der Waals surface area (Å²) in [7, 11) is 0. The molecule has 1 aromatic rings. The fourth-order valence-electron chi connectivity index (χ4n) is 1.31. The molecular formula is C11H16N4O3. The van der Waals surface area contributed by atoms with Crippen molar-refractivity contribution in [2.45, 2.75) is 31.4 Å². The van der Waals surface area contributed by atoms with Crippen LogP contribution in [0.1, 0.15) is 19.8 Å². The predicted octanol–water partition coefficient (Wildman–Crippen LogP) is 0.298. The molecule has 1 atom stereocenters. The summed E-state index contributed by atoms with van der Waals surface area (Å²) >= 11 is 0. The average Bonchev–Trinajstić information content (AvgIpc) is 3.11. The molecule has 4 N–H and O–H groups in total. The second kappa shape index (κ2) is 4.77. The van der Waals surface area contributed by atoms with Crippen molar-refractivity contribution in [2.24, 2.45) is 0 Å². The van der Waals surface area contributed by atoms with E-state index in [0.717, 1.165) is 12.8 Å². The van der Waals surface area contributed by atoms with Gasteiger partial charge in [0, 0.05) is 12.1 Å². The minimum atomic E-state index is -1.82. The Labute approximate surface area is 104 Å². The quantitative estimate of drug-likeness (QED) is 0.576. The van der Waals surface area contributed by atoms with E-state index < -0.39 is 11.6 Å². The molecule has 18 heavy (non-hydrogen) atoms. The Morgan fingerprint density at radius 1 is 1.50 bits per heavy atom. The summed E-state index contributed by atoms with van der Waals surface area (Å²) in [5.41, 5.74) is -1.82. The number of hydrogen-bond donors (Lipinski definition) is 4. The van der Waals surface area contributed by atoms with Crippen molar-refractivity contribution >= 4 is 17.6 Å². The number of nitrogens with zero attached hydrogens (tertiary/aromatic N) is 2. The van der Waals surface area contributed by atoms with Crippen molar-refractivity contribution in [2.75, 3.05) is 17.2 Å². The molecule has 1 heterocycles. The molecule has 0 aliphatic heterocycles. The lowest BCUT2D eigenvalue weighted by Gasteiger charge is -2.18. The van der Waals surface area contributed by atoms with Crippen LogP contribution >= 0.6 is 0 Å². The first-order valence-corrected chi connectivity index (χ1v) is 5.75. The van der Waals surface area contributed by atoms with Crippen LogP contribution in [0, 0.1) is 0 Å². The van der Waals surface area contributed by atoms with Crippen molar-refractivity contribution < 1.29 is 15.0 Å². The highest BCUT2D eigenvalue weighted by Gasteiger charge is 2.29. The molecule has 1 aliphatic carbocycles. The van der Waals surface area contributed by atoms with Crippen LogP contribution in [0.15, 0.2) is 12.4 Å². The maximum absolute atomic E-state index is 10.7. The molecule has 0 amide bonds. The number of aliphatic hydroxyl groups is 1. The topological polar surface area (TPSA) is 107 Å². The van der Waals surface area contributed by atoms with Gasteiger partial charge in [0.15, 0.2) is 5.60 Å². The van der Waals surface area contributed by atoms with Crippen LogP contribution in [0.4, 0.5) is 11.6 Å². The van der Waals surface area contributed by atoms with Gasteiger partial charge in [-0.2, -0.15) is 0 Å². The standard InChI is InChI=1S/C11H16N4O3/c1-11(18,10(16)17)5-12-8-4-9(14-6-13-8)15-7-2-3-7/h4,6-7,18H,2-3,5H2,1H3,(H,16,17)(H2,12,13,14,15). The highest BCUT2D eigenvalue weighted by Crippen LogP contribution is 2.24. The summed E-state index contributed by atoms with van der Waals surface area (Å²) in [5, 5.41) is 24.3. The molecule has 7 nitrogen and oxygen atoms in total.